The summed E-state index contributed by atoms with van der Waals surface area (Å²) < 4.78 is 32.4. The molecule has 78 valence electrons. The zero-order valence-electron chi connectivity index (χ0n) is 8.10. The topological polar surface area (TPSA) is 57.2 Å². The van der Waals surface area contributed by atoms with E-state index in [1.54, 1.807) is 12.1 Å². The fourth-order valence-electron chi connectivity index (χ4n) is 1.58. The molecule has 4 heteroatoms. The Bertz CT molecular complexity index is 615. The molecule has 2 rings (SSSR count). The molecule has 0 amide bonds. The van der Waals surface area contributed by atoms with Gasteiger partial charge in [-0.15, -0.1) is 0 Å². The highest BCUT2D eigenvalue weighted by Crippen LogP contribution is 2.21. The van der Waals surface area contributed by atoms with Crippen LogP contribution < -0.4 is 0 Å². The standard InChI is InChI=1S/C11H10O3S/c1-8-3-2-4-9-7-10(15(12,13)14)5-6-11(8)9/h2-7H,1H3,(H,12,13,14)/p-1. The van der Waals surface area contributed by atoms with Gasteiger partial charge in [0.05, 0.1) is 4.90 Å². The monoisotopic (exact) mass is 221 g/mol. The normalized spacial score (nSPS) is 11.9. The second-order valence-corrected chi connectivity index (χ2v) is 4.79. The summed E-state index contributed by atoms with van der Waals surface area (Å²) in [5.74, 6) is 0. The van der Waals surface area contributed by atoms with Crippen LogP contribution in [0.3, 0.4) is 0 Å². The van der Waals surface area contributed by atoms with Gasteiger partial charge in [0.15, 0.2) is 0 Å². The van der Waals surface area contributed by atoms with Gasteiger partial charge in [-0.25, -0.2) is 8.42 Å². The van der Waals surface area contributed by atoms with Gasteiger partial charge in [-0.2, -0.15) is 0 Å². The van der Waals surface area contributed by atoms with Crippen LogP contribution >= 0.6 is 0 Å². The first-order valence-electron chi connectivity index (χ1n) is 4.44. The molecule has 15 heavy (non-hydrogen) atoms. The zero-order valence-corrected chi connectivity index (χ0v) is 8.91. The van der Waals surface area contributed by atoms with E-state index in [4.69, 9.17) is 0 Å². The van der Waals surface area contributed by atoms with Crippen molar-refractivity contribution in [2.24, 2.45) is 0 Å². The zero-order chi connectivity index (χ0) is 11.1. The van der Waals surface area contributed by atoms with Crippen molar-refractivity contribution >= 4 is 20.9 Å². The summed E-state index contributed by atoms with van der Waals surface area (Å²) in [6.07, 6.45) is 0. The van der Waals surface area contributed by atoms with Gasteiger partial charge in [-0.3, -0.25) is 0 Å². The first-order chi connectivity index (χ1) is 6.98. The maximum Gasteiger partial charge on any atom is 0.124 e. The number of hydrogen-bond acceptors (Lipinski definition) is 3. The average Bonchev–Trinajstić information content (AvgIpc) is 2.16. The van der Waals surface area contributed by atoms with Crippen molar-refractivity contribution in [2.75, 3.05) is 0 Å². The predicted molar refractivity (Wildman–Crippen MR) is 56.6 cm³/mol. The number of fused-ring (bicyclic) bond motifs is 1. The molecular formula is C11H9O3S-. The van der Waals surface area contributed by atoms with E-state index < -0.39 is 10.1 Å². The smallest absolute Gasteiger partial charge is 0.124 e. The summed E-state index contributed by atoms with van der Waals surface area (Å²) in [6.45, 7) is 1.94. The second-order valence-electron chi connectivity index (χ2n) is 3.41. The predicted octanol–water partition coefficient (Wildman–Crippen LogP) is 2.05. The third-order valence-electron chi connectivity index (χ3n) is 2.36. The lowest BCUT2D eigenvalue weighted by atomic mass is 10.1. The summed E-state index contributed by atoms with van der Waals surface area (Å²) in [7, 11) is -4.36. The number of rotatable bonds is 1. The molecular weight excluding hydrogens is 212 g/mol. The van der Waals surface area contributed by atoms with E-state index in [1.807, 2.05) is 19.1 Å². The molecule has 2 aromatic carbocycles. The molecule has 0 heterocycles. The Labute approximate surface area is 88.1 Å². The Hall–Kier alpha value is -1.39. The van der Waals surface area contributed by atoms with Crippen LogP contribution in [0.2, 0.25) is 0 Å². The van der Waals surface area contributed by atoms with Gasteiger partial charge in [0.2, 0.25) is 0 Å². The molecule has 0 atom stereocenters. The molecule has 0 saturated heterocycles. The van der Waals surface area contributed by atoms with Gasteiger partial charge in [-0.05, 0) is 35.4 Å². The summed E-state index contributed by atoms with van der Waals surface area (Å²) in [6, 6.07) is 9.97. The summed E-state index contributed by atoms with van der Waals surface area (Å²) in [5.41, 5.74) is 1.06. The highest BCUT2D eigenvalue weighted by molar-refractivity contribution is 7.85. The highest BCUT2D eigenvalue weighted by Gasteiger charge is 2.03. The summed E-state index contributed by atoms with van der Waals surface area (Å²) >= 11 is 0. The van der Waals surface area contributed by atoms with E-state index in [2.05, 4.69) is 0 Å². The molecule has 0 bridgehead atoms. The van der Waals surface area contributed by atoms with Crippen molar-refractivity contribution in [3.63, 3.8) is 0 Å². The number of hydrogen-bond donors (Lipinski definition) is 0. The van der Waals surface area contributed by atoms with Crippen molar-refractivity contribution in [3.05, 3.63) is 42.0 Å². The average molecular weight is 221 g/mol. The lowest BCUT2D eigenvalue weighted by Gasteiger charge is -2.08. The van der Waals surface area contributed by atoms with E-state index in [0.717, 1.165) is 16.3 Å². The van der Waals surface area contributed by atoms with Crippen LogP contribution in [0.4, 0.5) is 0 Å². The van der Waals surface area contributed by atoms with Crippen LogP contribution in [0.25, 0.3) is 10.8 Å². The molecule has 0 fully saturated rings. The molecule has 0 N–H and O–H groups in total. The van der Waals surface area contributed by atoms with Crippen molar-refractivity contribution in [3.8, 4) is 0 Å². The molecule has 2 aromatic rings. The minimum Gasteiger partial charge on any atom is -0.744 e. The maximum absolute atomic E-state index is 10.8. The van der Waals surface area contributed by atoms with E-state index in [-0.39, 0.29) is 4.90 Å². The van der Waals surface area contributed by atoms with Crippen molar-refractivity contribution in [1.29, 1.82) is 0 Å². The Balaban J connectivity index is 2.79. The Morgan fingerprint density at radius 3 is 2.53 bits per heavy atom. The fourth-order valence-corrected chi connectivity index (χ4v) is 2.09. The minimum absolute atomic E-state index is 0.180. The molecule has 0 unspecified atom stereocenters. The maximum atomic E-state index is 10.8. The van der Waals surface area contributed by atoms with E-state index >= 15 is 0 Å². The first kappa shape index (κ1) is 10.1. The SMILES string of the molecule is Cc1cccc2cc(S(=O)(=O)[O-])ccc12. The van der Waals surface area contributed by atoms with Crippen LogP contribution in [-0.2, 0) is 10.1 Å². The minimum atomic E-state index is -4.36. The third-order valence-corrected chi connectivity index (χ3v) is 3.19. The van der Waals surface area contributed by atoms with Crippen LogP contribution in [0.1, 0.15) is 5.56 Å². The van der Waals surface area contributed by atoms with E-state index in [1.165, 1.54) is 12.1 Å². The van der Waals surface area contributed by atoms with E-state index in [9.17, 15) is 13.0 Å². The Morgan fingerprint density at radius 2 is 1.87 bits per heavy atom. The number of benzene rings is 2. The van der Waals surface area contributed by atoms with Crippen molar-refractivity contribution in [2.45, 2.75) is 11.8 Å². The van der Waals surface area contributed by atoms with Gasteiger partial charge < -0.3 is 4.55 Å². The van der Waals surface area contributed by atoms with Crippen molar-refractivity contribution < 1.29 is 13.0 Å². The van der Waals surface area contributed by atoms with Crippen LogP contribution in [0.5, 0.6) is 0 Å². The lowest BCUT2D eigenvalue weighted by molar-refractivity contribution is 0.463. The van der Waals surface area contributed by atoms with Gasteiger partial charge in [-0.1, -0.05) is 24.3 Å². The molecule has 0 saturated carbocycles. The van der Waals surface area contributed by atoms with Gasteiger partial charge >= 0.3 is 0 Å². The second kappa shape index (κ2) is 3.32. The highest BCUT2D eigenvalue weighted by atomic mass is 32.2. The number of aryl methyl sites for hydroxylation is 1. The molecule has 0 aliphatic heterocycles. The fraction of sp³-hybridized carbons (Fsp3) is 0.0909. The van der Waals surface area contributed by atoms with Crippen LogP contribution in [0.15, 0.2) is 41.3 Å². The van der Waals surface area contributed by atoms with Crippen LogP contribution in [-0.4, -0.2) is 13.0 Å². The molecule has 0 aromatic heterocycles. The van der Waals surface area contributed by atoms with Crippen molar-refractivity contribution in [1.82, 2.24) is 0 Å². The van der Waals surface area contributed by atoms with E-state index in [0.29, 0.717) is 0 Å². The quantitative estimate of drug-likeness (QED) is 0.692. The molecule has 0 aliphatic rings. The first-order valence-corrected chi connectivity index (χ1v) is 5.84. The largest absolute Gasteiger partial charge is 0.744 e. The third kappa shape index (κ3) is 1.86. The lowest BCUT2D eigenvalue weighted by Crippen LogP contribution is -1.98. The Morgan fingerprint density at radius 1 is 1.13 bits per heavy atom. The van der Waals surface area contributed by atoms with Crippen LogP contribution in [0, 0.1) is 6.92 Å². The molecule has 3 nitrogen and oxygen atoms in total. The summed E-state index contributed by atoms with van der Waals surface area (Å²) in [5, 5.41) is 1.73. The summed E-state index contributed by atoms with van der Waals surface area (Å²) in [4.78, 5) is -0.180. The molecule has 0 spiro atoms. The molecule has 0 radical (unpaired) electrons. The van der Waals surface area contributed by atoms with Gasteiger partial charge in [0, 0.05) is 0 Å². The van der Waals surface area contributed by atoms with Gasteiger partial charge in [0.25, 0.3) is 0 Å². The molecule has 0 aliphatic carbocycles. The van der Waals surface area contributed by atoms with Gasteiger partial charge in [0.1, 0.15) is 10.1 Å². The Kier molecular flexibility index (Phi) is 2.25.